The van der Waals surface area contributed by atoms with Crippen molar-refractivity contribution in [3.05, 3.63) is 69.8 Å². The number of rotatable bonds is 7. The average Bonchev–Trinajstić information content (AvgIpc) is 3.10. The number of thiazole rings is 1. The van der Waals surface area contributed by atoms with Crippen molar-refractivity contribution in [3.63, 3.8) is 0 Å². The number of carbonyl (C=O) groups excluding carboxylic acids is 1. The first kappa shape index (κ1) is 17.6. The molecule has 128 valence electrons. The molecule has 2 aromatic heterocycles. The van der Waals surface area contributed by atoms with E-state index in [9.17, 15) is 4.79 Å². The minimum absolute atomic E-state index is 0.0418. The summed E-state index contributed by atoms with van der Waals surface area (Å²) in [5, 5.41) is 6.63. The molecule has 1 N–H and O–H groups in total. The Balaban J connectivity index is 1.43. The van der Waals surface area contributed by atoms with Crippen LogP contribution in [0.15, 0.2) is 54.2 Å². The van der Waals surface area contributed by atoms with Crippen LogP contribution in [0.3, 0.4) is 0 Å². The van der Waals surface area contributed by atoms with Gasteiger partial charge >= 0.3 is 0 Å². The highest BCUT2D eigenvalue weighted by Gasteiger charge is 2.07. The highest BCUT2D eigenvalue weighted by Crippen LogP contribution is 2.21. The highest BCUT2D eigenvalue weighted by molar-refractivity contribution is 7.09. The fraction of sp³-hybridized carbons (Fsp3) is 0.211. The van der Waals surface area contributed by atoms with Crippen molar-refractivity contribution >= 4 is 28.8 Å². The Kier molecular flexibility index (Phi) is 6.14. The van der Waals surface area contributed by atoms with Crippen molar-refractivity contribution in [2.75, 3.05) is 6.54 Å². The van der Waals surface area contributed by atoms with Gasteiger partial charge in [-0.1, -0.05) is 23.7 Å². The Hall–Kier alpha value is -2.24. The minimum atomic E-state index is 0.0418. The summed E-state index contributed by atoms with van der Waals surface area (Å²) in [5.74, 6) is 0.0418. The lowest BCUT2D eigenvalue weighted by molar-refractivity contribution is -0.121. The predicted octanol–water partition coefficient (Wildman–Crippen LogP) is 4.15. The zero-order chi connectivity index (χ0) is 17.5. The molecule has 0 atom stereocenters. The summed E-state index contributed by atoms with van der Waals surface area (Å²) in [6, 6.07) is 11.6. The zero-order valence-corrected chi connectivity index (χ0v) is 15.2. The number of benzene rings is 1. The number of nitrogens with one attached hydrogen (secondary N) is 1. The second kappa shape index (κ2) is 8.74. The Bertz CT molecular complexity index is 835. The van der Waals surface area contributed by atoms with Crippen LogP contribution in [-0.4, -0.2) is 22.4 Å². The molecule has 25 heavy (non-hydrogen) atoms. The van der Waals surface area contributed by atoms with Gasteiger partial charge in [-0.05, 0) is 36.2 Å². The van der Waals surface area contributed by atoms with Crippen LogP contribution in [0.25, 0.3) is 11.3 Å². The number of nitrogens with zero attached hydrogens (tertiary/aromatic N) is 2. The maximum absolute atomic E-state index is 12.0. The molecule has 1 amide bonds. The normalized spacial score (nSPS) is 10.6. The predicted molar refractivity (Wildman–Crippen MR) is 102 cm³/mol. The monoisotopic (exact) mass is 371 g/mol. The lowest BCUT2D eigenvalue weighted by Crippen LogP contribution is -2.25. The lowest BCUT2D eigenvalue weighted by Gasteiger charge is -2.05. The molecule has 4 nitrogen and oxygen atoms in total. The number of pyridine rings is 1. The molecule has 0 fully saturated rings. The molecule has 0 bridgehead atoms. The van der Waals surface area contributed by atoms with E-state index in [4.69, 9.17) is 11.6 Å². The molecule has 1 aromatic carbocycles. The minimum Gasteiger partial charge on any atom is -0.356 e. The molecule has 3 rings (SSSR count). The third kappa shape index (κ3) is 5.37. The summed E-state index contributed by atoms with van der Waals surface area (Å²) in [7, 11) is 0. The van der Waals surface area contributed by atoms with Gasteiger partial charge in [0.25, 0.3) is 0 Å². The first-order valence-electron chi connectivity index (χ1n) is 8.06. The Morgan fingerprint density at radius 2 is 2.12 bits per heavy atom. The van der Waals surface area contributed by atoms with Gasteiger partial charge in [-0.25, -0.2) is 4.98 Å². The van der Waals surface area contributed by atoms with Crippen LogP contribution in [0, 0.1) is 0 Å². The highest BCUT2D eigenvalue weighted by atomic mass is 35.5. The van der Waals surface area contributed by atoms with Gasteiger partial charge in [-0.3, -0.25) is 9.78 Å². The summed E-state index contributed by atoms with van der Waals surface area (Å²) in [6.45, 7) is 0.609. The van der Waals surface area contributed by atoms with E-state index in [0.717, 1.165) is 33.3 Å². The third-order valence-electron chi connectivity index (χ3n) is 3.70. The van der Waals surface area contributed by atoms with E-state index < -0.39 is 0 Å². The standard InChI is InChI=1S/C19H18ClN3OS/c20-16-5-1-3-14(11-16)8-10-22-18(24)6-7-19-23-17(13-25-19)15-4-2-9-21-12-15/h1-5,9,11-13H,6-8,10H2,(H,22,24). The van der Waals surface area contributed by atoms with Gasteiger partial charge in [-0.15, -0.1) is 11.3 Å². The van der Waals surface area contributed by atoms with Crippen molar-refractivity contribution < 1.29 is 4.79 Å². The fourth-order valence-corrected chi connectivity index (χ4v) is 3.44. The van der Waals surface area contributed by atoms with Crippen molar-refractivity contribution in [1.82, 2.24) is 15.3 Å². The van der Waals surface area contributed by atoms with Crippen LogP contribution in [-0.2, 0) is 17.6 Å². The van der Waals surface area contributed by atoms with Crippen molar-refractivity contribution in [2.24, 2.45) is 0 Å². The van der Waals surface area contributed by atoms with Crippen LogP contribution in [0.5, 0.6) is 0 Å². The van der Waals surface area contributed by atoms with Gasteiger partial charge in [0.2, 0.25) is 5.91 Å². The lowest BCUT2D eigenvalue weighted by atomic mass is 10.1. The van der Waals surface area contributed by atoms with Gasteiger partial charge < -0.3 is 5.32 Å². The molecule has 0 aliphatic heterocycles. The smallest absolute Gasteiger partial charge is 0.220 e. The van der Waals surface area contributed by atoms with Crippen LogP contribution >= 0.6 is 22.9 Å². The summed E-state index contributed by atoms with van der Waals surface area (Å²) in [6.07, 6.45) is 5.39. The van der Waals surface area contributed by atoms with E-state index in [2.05, 4.69) is 15.3 Å². The summed E-state index contributed by atoms with van der Waals surface area (Å²) >= 11 is 7.53. The van der Waals surface area contributed by atoms with E-state index in [1.807, 2.05) is 41.8 Å². The van der Waals surface area contributed by atoms with Gasteiger partial charge in [0, 0.05) is 47.7 Å². The average molecular weight is 372 g/mol. The molecular formula is C19H18ClN3OS. The summed E-state index contributed by atoms with van der Waals surface area (Å²) in [4.78, 5) is 20.7. The van der Waals surface area contributed by atoms with Gasteiger partial charge in [0.15, 0.2) is 0 Å². The molecule has 2 heterocycles. The van der Waals surface area contributed by atoms with E-state index >= 15 is 0 Å². The number of hydrogen-bond donors (Lipinski definition) is 1. The second-order valence-corrected chi connectivity index (χ2v) is 6.98. The second-order valence-electron chi connectivity index (χ2n) is 5.60. The van der Waals surface area contributed by atoms with Crippen LogP contribution in [0.4, 0.5) is 0 Å². The van der Waals surface area contributed by atoms with Gasteiger partial charge in [0.1, 0.15) is 0 Å². The molecule has 6 heteroatoms. The molecule has 0 saturated carbocycles. The molecular weight excluding hydrogens is 354 g/mol. The van der Waals surface area contributed by atoms with Gasteiger partial charge in [-0.2, -0.15) is 0 Å². The van der Waals surface area contributed by atoms with Crippen LogP contribution in [0.1, 0.15) is 17.0 Å². The first-order valence-corrected chi connectivity index (χ1v) is 9.32. The summed E-state index contributed by atoms with van der Waals surface area (Å²) < 4.78 is 0. The Labute approximate surface area is 155 Å². The summed E-state index contributed by atoms with van der Waals surface area (Å²) in [5.41, 5.74) is 3.03. The van der Waals surface area contributed by atoms with E-state index in [1.165, 1.54) is 0 Å². The number of amides is 1. The van der Waals surface area contributed by atoms with E-state index in [0.29, 0.717) is 19.4 Å². The van der Waals surface area contributed by atoms with Crippen LogP contribution < -0.4 is 5.32 Å². The molecule has 0 aliphatic carbocycles. The number of aromatic nitrogens is 2. The third-order valence-corrected chi connectivity index (χ3v) is 4.84. The molecule has 0 aliphatic rings. The topological polar surface area (TPSA) is 54.9 Å². The number of carbonyl (C=O) groups is 1. The Morgan fingerprint density at radius 3 is 2.92 bits per heavy atom. The van der Waals surface area contributed by atoms with Crippen LogP contribution in [0.2, 0.25) is 5.02 Å². The molecule has 0 unspecified atom stereocenters. The SMILES string of the molecule is O=C(CCc1nc(-c2cccnc2)cs1)NCCc1cccc(Cl)c1. The maximum Gasteiger partial charge on any atom is 0.220 e. The van der Waals surface area contributed by atoms with Crippen molar-refractivity contribution in [1.29, 1.82) is 0 Å². The molecule has 0 spiro atoms. The zero-order valence-electron chi connectivity index (χ0n) is 13.6. The van der Waals surface area contributed by atoms with E-state index in [-0.39, 0.29) is 5.91 Å². The van der Waals surface area contributed by atoms with Crippen molar-refractivity contribution in [2.45, 2.75) is 19.3 Å². The fourth-order valence-electron chi connectivity index (χ4n) is 2.42. The maximum atomic E-state index is 12.0. The number of halogens is 1. The Morgan fingerprint density at radius 1 is 1.20 bits per heavy atom. The molecule has 0 saturated heterocycles. The number of hydrogen-bond acceptors (Lipinski definition) is 4. The van der Waals surface area contributed by atoms with Crippen molar-refractivity contribution in [3.8, 4) is 11.3 Å². The first-order chi connectivity index (χ1) is 12.2. The molecule has 3 aromatic rings. The van der Waals surface area contributed by atoms with E-state index in [1.54, 1.807) is 23.7 Å². The van der Waals surface area contributed by atoms with Gasteiger partial charge in [0.05, 0.1) is 10.7 Å². The number of aryl methyl sites for hydroxylation is 1. The quantitative estimate of drug-likeness (QED) is 0.678. The largest absolute Gasteiger partial charge is 0.356 e. The molecule has 0 radical (unpaired) electrons.